The van der Waals surface area contributed by atoms with Crippen LogP contribution >= 0.6 is 0 Å². The Morgan fingerprint density at radius 1 is 0.633 bits per heavy atom. The molecule has 1 unspecified atom stereocenters. The number of benzene rings is 3. The summed E-state index contributed by atoms with van der Waals surface area (Å²) in [5.41, 5.74) is 9.10. The molecular formula is C26H15N3O. The van der Waals surface area contributed by atoms with Crippen molar-refractivity contribution in [2.45, 2.75) is 5.41 Å². The Morgan fingerprint density at radius 2 is 1.30 bits per heavy atom. The average molecular weight is 385 g/mol. The minimum Gasteiger partial charge on any atom is -0.467 e. The second-order valence-corrected chi connectivity index (χ2v) is 7.73. The highest BCUT2D eigenvalue weighted by Gasteiger charge is 2.54. The molecular weight excluding hydrogens is 370 g/mol. The van der Waals surface area contributed by atoms with Gasteiger partial charge in [-0.25, -0.2) is 15.0 Å². The van der Waals surface area contributed by atoms with Gasteiger partial charge in [0.05, 0.1) is 6.26 Å². The van der Waals surface area contributed by atoms with Gasteiger partial charge in [0.1, 0.15) is 23.8 Å². The molecule has 0 N–H and O–H groups in total. The van der Waals surface area contributed by atoms with Gasteiger partial charge in [-0.2, -0.15) is 0 Å². The van der Waals surface area contributed by atoms with Gasteiger partial charge >= 0.3 is 0 Å². The fraction of sp³-hybridized carbons (Fsp3) is 0.0385. The Morgan fingerprint density at radius 3 is 2.07 bits per heavy atom. The Kier molecular flexibility index (Phi) is 2.91. The first-order valence-corrected chi connectivity index (χ1v) is 9.93. The standard InChI is InChI=1S/C26H15N3O/c1-3-7-21-17(5-1)19-10-9-16(25-28-14-27-15-29-25)13-23(19)26(21)22-8-4-2-6-18(22)20-11-12-30-24(20)26/h1-15H. The van der Waals surface area contributed by atoms with E-state index in [-0.39, 0.29) is 0 Å². The topological polar surface area (TPSA) is 51.8 Å². The van der Waals surface area contributed by atoms with E-state index in [1.807, 2.05) is 0 Å². The summed E-state index contributed by atoms with van der Waals surface area (Å²) in [5, 5.41) is 0. The van der Waals surface area contributed by atoms with Crippen molar-refractivity contribution in [1.82, 2.24) is 15.0 Å². The van der Waals surface area contributed by atoms with Gasteiger partial charge in [0, 0.05) is 11.1 Å². The summed E-state index contributed by atoms with van der Waals surface area (Å²) in [6, 6.07) is 25.9. The van der Waals surface area contributed by atoms with Crippen LogP contribution in [-0.4, -0.2) is 15.0 Å². The highest BCUT2D eigenvalue weighted by atomic mass is 16.3. The van der Waals surface area contributed by atoms with Gasteiger partial charge in [-0.1, -0.05) is 60.7 Å². The van der Waals surface area contributed by atoms with E-state index in [0.717, 1.165) is 11.3 Å². The second-order valence-electron chi connectivity index (χ2n) is 7.73. The molecule has 4 heteroatoms. The molecule has 1 spiro atoms. The average Bonchev–Trinajstić information content (AvgIpc) is 3.48. The molecule has 0 amide bonds. The van der Waals surface area contributed by atoms with Crippen LogP contribution in [0.5, 0.6) is 0 Å². The summed E-state index contributed by atoms with van der Waals surface area (Å²) < 4.78 is 6.21. The van der Waals surface area contributed by atoms with Gasteiger partial charge in [0.15, 0.2) is 5.82 Å². The molecule has 0 saturated carbocycles. The molecule has 7 rings (SSSR count). The van der Waals surface area contributed by atoms with Crippen LogP contribution in [0.25, 0.3) is 33.6 Å². The van der Waals surface area contributed by atoms with Crippen LogP contribution in [0, 0.1) is 0 Å². The molecule has 0 saturated heterocycles. The van der Waals surface area contributed by atoms with Crippen molar-refractivity contribution in [1.29, 1.82) is 0 Å². The quantitative estimate of drug-likeness (QED) is 0.376. The fourth-order valence-corrected chi connectivity index (χ4v) is 5.32. The lowest BCUT2D eigenvalue weighted by molar-refractivity contribution is 0.474. The molecule has 0 bridgehead atoms. The van der Waals surface area contributed by atoms with E-state index in [2.05, 4.69) is 87.7 Å². The van der Waals surface area contributed by atoms with Gasteiger partial charge in [-0.3, -0.25) is 0 Å². The van der Waals surface area contributed by atoms with Crippen LogP contribution < -0.4 is 0 Å². The Labute approximate surface area is 172 Å². The van der Waals surface area contributed by atoms with Gasteiger partial charge < -0.3 is 4.42 Å². The maximum Gasteiger partial charge on any atom is 0.162 e. The summed E-state index contributed by atoms with van der Waals surface area (Å²) in [5.74, 6) is 1.66. The summed E-state index contributed by atoms with van der Waals surface area (Å²) in [4.78, 5) is 12.7. The number of hydrogen-bond donors (Lipinski definition) is 0. The maximum atomic E-state index is 6.21. The van der Waals surface area contributed by atoms with E-state index in [4.69, 9.17) is 4.42 Å². The Bertz CT molecular complexity index is 1450. The van der Waals surface area contributed by atoms with E-state index < -0.39 is 5.41 Å². The van der Waals surface area contributed by atoms with Crippen LogP contribution in [0.2, 0.25) is 0 Å². The van der Waals surface area contributed by atoms with E-state index in [1.165, 1.54) is 51.6 Å². The molecule has 2 aromatic heterocycles. The predicted octanol–water partition coefficient (Wildman–Crippen LogP) is 5.48. The Balaban J connectivity index is 1.64. The summed E-state index contributed by atoms with van der Waals surface area (Å²) in [6.07, 6.45) is 4.88. The van der Waals surface area contributed by atoms with E-state index in [9.17, 15) is 0 Å². The molecule has 2 heterocycles. The van der Waals surface area contributed by atoms with Crippen molar-refractivity contribution in [3.8, 4) is 33.6 Å². The molecule has 0 fully saturated rings. The molecule has 0 radical (unpaired) electrons. The zero-order chi connectivity index (χ0) is 19.7. The molecule has 5 aromatic rings. The number of fused-ring (bicyclic) bond motifs is 10. The van der Waals surface area contributed by atoms with Crippen LogP contribution in [0.15, 0.2) is 96.1 Å². The summed E-state index contributed by atoms with van der Waals surface area (Å²) in [7, 11) is 0. The van der Waals surface area contributed by atoms with Crippen molar-refractivity contribution in [2.75, 3.05) is 0 Å². The van der Waals surface area contributed by atoms with Gasteiger partial charge in [0.25, 0.3) is 0 Å². The van der Waals surface area contributed by atoms with Crippen LogP contribution in [0.4, 0.5) is 0 Å². The van der Waals surface area contributed by atoms with Gasteiger partial charge in [-0.15, -0.1) is 0 Å². The SMILES string of the molecule is c1ccc2c(c1)-c1ccc(-c3ncncn3)cc1C21c2ccccc2-c2ccoc21. The number of rotatable bonds is 1. The molecule has 30 heavy (non-hydrogen) atoms. The van der Waals surface area contributed by atoms with Crippen molar-refractivity contribution in [2.24, 2.45) is 0 Å². The van der Waals surface area contributed by atoms with Crippen molar-refractivity contribution in [3.63, 3.8) is 0 Å². The third-order valence-corrected chi connectivity index (χ3v) is 6.42. The number of hydrogen-bond acceptors (Lipinski definition) is 4. The van der Waals surface area contributed by atoms with Crippen molar-refractivity contribution >= 4 is 0 Å². The first-order chi connectivity index (χ1) is 14.9. The molecule has 0 aliphatic heterocycles. The van der Waals surface area contributed by atoms with E-state index >= 15 is 0 Å². The van der Waals surface area contributed by atoms with Crippen LogP contribution in [-0.2, 0) is 5.41 Å². The molecule has 1 atom stereocenters. The molecule has 4 nitrogen and oxygen atoms in total. The zero-order valence-corrected chi connectivity index (χ0v) is 15.9. The first-order valence-electron chi connectivity index (χ1n) is 9.93. The zero-order valence-electron chi connectivity index (χ0n) is 15.9. The third-order valence-electron chi connectivity index (χ3n) is 6.42. The molecule has 3 aromatic carbocycles. The second kappa shape index (κ2) is 5.51. The maximum absolute atomic E-state index is 6.21. The molecule has 2 aliphatic rings. The summed E-state index contributed by atoms with van der Waals surface area (Å²) in [6.45, 7) is 0. The first kappa shape index (κ1) is 15.8. The van der Waals surface area contributed by atoms with Crippen molar-refractivity contribution < 1.29 is 4.42 Å². The highest BCUT2D eigenvalue weighted by molar-refractivity contribution is 5.94. The number of furan rings is 1. The molecule has 140 valence electrons. The lowest BCUT2D eigenvalue weighted by Crippen LogP contribution is -2.25. The molecule has 2 aliphatic carbocycles. The fourth-order valence-electron chi connectivity index (χ4n) is 5.32. The number of aromatic nitrogens is 3. The normalized spacial score (nSPS) is 17.5. The third kappa shape index (κ3) is 1.75. The highest BCUT2D eigenvalue weighted by Crippen LogP contribution is 2.63. The van der Waals surface area contributed by atoms with Gasteiger partial charge in [-0.05, 0) is 45.5 Å². The number of nitrogens with zero attached hydrogens (tertiary/aromatic N) is 3. The smallest absolute Gasteiger partial charge is 0.162 e. The largest absolute Gasteiger partial charge is 0.467 e. The lowest BCUT2D eigenvalue weighted by Gasteiger charge is -2.28. The van der Waals surface area contributed by atoms with E-state index in [0.29, 0.717) is 5.82 Å². The summed E-state index contributed by atoms with van der Waals surface area (Å²) >= 11 is 0. The Hall–Kier alpha value is -4.05. The van der Waals surface area contributed by atoms with Crippen molar-refractivity contribution in [3.05, 3.63) is 114 Å². The van der Waals surface area contributed by atoms with Gasteiger partial charge in [0.2, 0.25) is 0 Å². The predicted molar refractivity (Wildman–Crippen MR) is 114 cm³/mol. The van der Waals surface area contributed by atoms with Crippen LogP contribution in [0.1, 0.15) is 22.5 Å². The minimum atomic E-state index is -0.468. The minimum absolute atomic E-state index is 0.468. The monoisotopic (exact) mass is 385 g/mol. The lowest BCUT2D eigenvalue weighted by atomic mass is 9.73. The van der Waals surface area contributed by atoms with E-state index in [1.54, 1.807) is 6.26 Å². The van der Waals surface area contributed by atoms with Crippen LogP contribution in [0.3, 0.4) is 0 Å².